The second-order valence-corrected chi connectivity index (χ2v) is 5.74. The Labute approximate surface area is 115 Å². The van der Waals surface area contributed by atoms with E-state index in [1.807, 2.05) is 12.3 Å². The van der Waals surface area contributed by atoms with Crippen LogP contribution in [0.2, 0.25) is 0 Å². The summed E-state index contributed by atoms with van der Waals surface area (Å²) in [6, 6.07) is 4.11. The Morgan fingerprint density at radius 1 is 1.50 bits per heavy atom. The molecule has 18 heavy (non-hydrogen) atoms. The fraction of sp³-hybridized carbons (Fsp3) is 0.429. The topological polar surface area (TPSA) is 48.7 Å². The van der Waals surface area contributed by atoms with Gasteiger partial charge in [-0.2, -0.15) is 5.26 Å². The van der Waals surface area contributed by atoms with Crippen molar-refractivity contribution in [1.82, 2.24) is 10.3 Å². The average Bonchev–Trinajstić information content (AvgIpc) is 2.83. The van der Waals surface area contributed by atoms with Crippen LogP contribution in [0.25, 0.3) is 5.57 Å². The molecule has 0 aromatic carbocycles. The van der Waals surface area contributed by atoms with Crippen LogP contribution in [0, 0.1) is 23.2 Å². The number of nitrogens with zero attached hydrogens (tertiary/aromatic N) is 2. The summed E-state index contributed by atoms with van der Waals surface area (Å²) in [5.41, 5.74) is 3.07. The van der Waals surface area contributed by atoms with Crippen molar-refractivity contribution in [2.75, 3.05) is 13.1 Å². The van der Waals surface area contributed by atoms with Crippen LogP contribution in [0.5, 0.6) is 0 Å². The summed E-state index contributed by atoms with van der Waals surface area (Å²) in [5.74, 6) is 1.43. The molecule has 1 fully saturated rings. The number of piperidine rings is 1. The number of nitrogens with one attached hydrogen (secondary N) is 1. The van der Waals surface area contributed by atoms with E-state index in [-0.39, 0.29) is 0 Å². The second-order valence-electron chi connectivity index (χ2n) is 4.99. The molecule has 0 unspecified atom stereocenters. The van der Waals surface area contributed by atoms with Gasteiger partial charge in [-0.3, -0.25) is 0 Å². The number of allylic oxidation sites excluding steroid dienone is 1. The number of nitriles is 1. The summed E-state index contributed by atoms with van der Waals surface area (Å²) >= 11 is 3.30. The van der Waals surface area contributed by atoms with Gasteiger partial charge in [0.15, 0.2) is 0 Å². The molecule has 1 aromatic heterocycles. The third-order valence-corrected chi connectivity index (χ3v) is 4.54. The minimum atomic E-state index is 0.612. The Balaban J connectivity index is 1.90. The number of hydrogen-bond acceptors (Lipinski definition) is 3. The van der Waals surface area contributed by atoms with Crippen molar-refractivity contribution >= 4 is 21.5 Å². The van der Waals surface area contributed by atoms with Crippen molar-refractivity contribution in [3.8, 4) is 6.07 Å². The molecule has 2 aliphatic rings. The molecule has 0 radical (unpaired) electrons. The zero-order chi connectivity index (χ0) is 12.5. The average molecular weight is 304 g/mol. The lowest BCUT2D eigenvalue weighted by Crippen LogP contribution is -2.33. The highest BCUT2D eigenvalue weighted by atomic mass is 79.9. The van der Waals surface area contributed by atoms with E-state index in [4.69, 9.17) is 5.26 Å². The van der Waals surface area contributed by atoms with Gasteiger partial charge >= 0.3 is 0 Å². The lowest BCUT2D eigenvalue weighted by molar-refractivity contribution is 0.323. The Bertz CT molecular complexity index is 544. The summed E-state index contributed by atoms with van der Waals surface area (Å²) in [7, 11) is 0. The van der Waals surface area contributed by atoms with E-state index in [1.54, 1.807) is 0 Å². The maximum atomic E-state index is 9.04. The van der Waals surface area contributed by atoms with Crippen molar-refractivity contribution in [3.05, 3.63) is 34.1 Å². The predicted octanol–water partition coefficient (Wildman–Crippen LogP) is 2.73. The van der Waals surface area contributed by atoms with Gasteiger partial charge in [0.25, 0.3) is 0 Å². The van der Waals surface area contributed by atoms with E-state index in [1.165, 1.54) is 12.0 Å². The van der Waals surface area contributed by atoms with Crippen molar-refractivity contribution in [1.29, 1.82) is 5.26 Å². The molecule has 0 bridgehead atoms. The minimum Gasteiger partial charge on any atom is -0.316 e. The maximum Gasteiger partial charge on any atom is 0.123 e. The number of fused-ring (bicyclic) bond motifs is 1. The quantitative estimate of drug-likeness (QED) is 0.812. The maximum absolute atomic E-state index is 9.04. The number of rotatable bonds is 1. The minimum absolute atomic E-state index is 0.612. The Morgan fingerprint density at radius 3 is 3.17 bits per heavy atom. The largest absolute Gasteiger partial charge is 0.316 e. The first-order valence-electron chi connectivity index (χ1n) is 6.25. The molecular formula is C14H14BrN3. The van der Waals surface area contributed by atoms with E-state index < -0.39 is 0 Å². The SMILES string of the molecule is N#Cc1cc(C2=C[C@@H]3CNCC[C@@H]3C2)cnc1Br. The van der Waals surface area contributed by atoms with Gasteiger partial charge in [-0.1, -0.05) is 6.08 Å². The Hall–Kier alpha value is -1.18. The summed E-state index contributed by atoms with van der Waals surface area (Å²) < 4.78 is 0.631. The van der Waals surface area contributed by atoms with E-state index >= 15 is 0 Å². The molecular weight excluding hydrogens is 290 g/mol. The molecule has 1 aliphatic carbocycles. The number of aromatic nitrogens is 1. The van der Waals surface area contributed by atoms with Crippen LogP contribution in [-0.4, -0.2) is 18.1 Å². The number of pyridine rings is 1. The summed E-state index contributed by atoms with van der Waals surface area (Å²) in [6.45, 7) is 2.22. The summed E-state index contributed by atoms with van der Waals surface area (Å²) in [6.07, 6.45) is 6.60. The van der Waals surface area contributed by atoms with Crippen molar-refractivity contribution in [2.24, 2.45) is 11.8 Å². The number of halogens is 1. The molecule has 2 atom stereocenters. The van der Waals surface area contributed by atoms with Crippen LogP contribution >= 0.6 is 15.9 Å². The van der Waals surface area contributed by atoms with Gasteiger partial charge in [0, 0.05) is 12.7 Å². The molecule has 2 heterocycles. The molecule has 1 saturated heterocycles. The van der Waals surface area contributed by atoms with Crippen LogP contribution in [0.3, 0.4) is 0 Å². The summed E-state index contributed by atoms with van der Waals surface area (Å²) in [4.78, 5) is 4.25. The molecule has 0 spiro atoms. The van der Waals surface area contributed by atoms with Gasteiger partial charge in [-0.05, 0) is 64.4 Å². The molecule has 3 nitrogen and oxygen atoms in total. The van der Waals surface area contributed by atoms with Crippen LogP contribution in [-0.2, 0) is 0 Å². The van der Waals surface area contributed by atoms with Gasteiger partial charge in [-0.25, -0.2) is 4.98 Å². The van der Waals surface area contributed by atoms with Crippen LogP contribution in [0.1, 0.15) is 24.0 Å². The van der Waals surface area contributed by atoms with Crippen LogP contribution < -0.4 is 5.32 Å². The van der Waals surface area contributed by atoms with Gasteiger partial charge in [0.2, 0.25) is 0 Å². The summed E-state index contributed by atoms with van der Waals surface area (Å²) in [5, 5.41) is 12.5. The molecule has 0 amide bonds. The molecule has 3 rings (SSSR count). The molecule has 1 N–H and O–H groups in total. The van der Waals surface area contributed by atoms with Crippen molar-refractivity contribution in [2.45, 2.75) is 12.8 Å². The third kappa shape index (κ3) is 2.09. The van der Waals surface area contributed by atoms with E-state index in [0.717, 1.165) is 31.0 Å². The predicted molar refractivity (Wildman–Crippen MR) is 73.7 cm³/mol. The van der Waals surface area contributed by atoms with E-state index in [0.29, 0.717) is 16.1 Å². The zero-order valence-electron chi connectivity index (χ0n) is 9.99. The lowest BCUT2D eigenvalue weighted by atomic mass is 9.89. The molecule has 1 aliphatic heterocycles. The third-order valence-electron chi connectivity index (χ3n) is 3.91. The molecule has 1 aromatic rings. The highest BCUT2D eigenvalue weighted by Crippen LogP contribution is 2.39. The number of hydrogen-bond donors (Lipinski definition) is 1. The zero-order valence-corrected chi connectivity index (χ0v) is 11.6. The van der Waals surface area contributed by atoms with Crippen molar-refractivity contribution in [3.63, 3.8) is 0 Å². The molecule has 0 saturated carbocycles. The fourth-order valence-electron chi connectivity index (χ4n) is 2.91. The highest BCUT2D eigenvalue weighted by Gasteiger charge is 2.30. The fourth-order valence-corrected chi connectivity index (χ4v) is 3.22. The first-order chi connectivity index (χ1) is 8.78. The van der Waals surface area contributed by atoms with E-state index in [9.17, 15) is 0 Å². The van der Waals surface area contributed by atoms with Crippen LogP contribution in [0.15, 0.2) is 22.9 Å². The smallest absolute Gasteiger partial charge is 0.123 e. The monoisotopic (exact) mass is 303 g/mol. The Kier molecular flexibility index (Phi) is 3.19. The second kappa shape index (κ2) is 4.83. The van der Waals surface area contributed by atoms with E-state index in [2.05, 4.69) is 38.4 Å². The van der Waals surface area contributed by atoms with Gasteiger partial charge in [-0.15, -0.1) is 0 Å². The first kappa shape index (κ1) is 11.9. The standard InChI is InChI=1S/C14H14BrN3/c15-14-11(6-16)5-13(8-18-14)10-3-9-1-2-17-7-12(9)4-10/h4-5,8-9,12,17H,1-3,7H2/t9-,12-/m1/s1. The normalized spacial score (nSPS) is 26.3. The Morgan fingerprint density at radius 2 is 2.39 bits per heavy atom. The molecule has 92 valence electrons. The van der Waals surface area contributed by atoms with Gasteiger partial charge < -0.3 is 5.32 Å². The van der Waals surface area contributed by atoms with Crippen molar-refractivity contribution < 1.29 is 0 Å². The molecule has 4 heteroatoms. The first-order valence-corrected chi connectivity index (χ1v) is 7.04. The van der Waals surface area contributed by atoms with Crippen LogP contribution in [0.4, 0.5) is 0 Å². The van der Waals surface area contributed by atoms with Gasteiger partial charge in [0.1, 0.15) is 10.7 Å². The lowest BCUT2D eigenvalue weighted by Gasteiger charge is -2.25. The highest BCUT2D eigenvalue weighted by molar-refractivity contribution is 9.10. The van der Waals surface area contributed by atoms with Gasteiger partial charge in [0.05, 0.1) is 5.56 Å².